The maximum atomic E-state index is 3.89. The van der Waals surface area contributed by atoms with E-state index in [-0.39, 0.29) is 5.92 Å². The molecule has 0 saturated heterocycles. The fourth-order valence-electron chi connectivity index (χ4n) is 11.9. The highest BCUT2D eigenvalue weighted by atomic mass is 15.1. The van der Waals surface area contributed by atoms with Crippen LogP contribution in [0.1, 0.15) is 51.8 Å². The third-order valence-corrected chi connectivity index (χ3v) is 15.3. The molecule has 72 heavy (non-hydrogen) atoms. The van der Waals surface area contributed by atoms with E-state index in [9.17, 15) is 0 Å². The summed E-state index contributed by atoms with van der Waals surface area (Å²) >= 11 is 0. The van der Waals surface area contributed by atoms with E-state index in [0.717, 1.165) is 39.6 Å². The Morgan fingerprint density at radius 2 is 0.944 bits per heavy atom. The summed E-state index contributed by atoms with van der Waals surface area (Å²) in [7, 11) is 0. The van der Waals surface area contributed by atoms with E-state index in [1.165, 1.54) is 72.0 Å². The van der Waals surface area contributed by atoms with E-state index in [1.807, 2.05) is 0 Å². The average molecular weight is 921 g/mol. The Labute approximate surface area is 422 Å². The highest BCUT2D eigenvalue weighted by Gasteiger charge is 2.46. The number of nitrogens with one attached hydrogen (secondary N) is 1. The molecular formula is C70H52N2. The zero-order valence-corrected chi connectivity index (χ0v) is 40.2. The van der Waals surface area contributed by atoms with Crippen LogP contribution in [0, 0.1) is 5.92 Å². The van der Waals surface area contributed by atoms with Crippen LogP contribution in [-0.2, 0) is 5.41 Å². The van der Waals surface area contributed by atoms with Crippen molar-refractivity contribution in [2.24, 2.45) is 5.92 Å². The molecule has 1 N–H and O–H groups in total. The van der Waals surface area contributed by atoms with Gasteiger partial charge in [0, 0.05) is 34.4 Å². The average Bonchev–Trinajstić information content (AvgIpc) is 3.75. The number of fused-ring (bicyclic) bond motifs is 5. The first-order chi connectivity index (χ1) is 35.6. The van der Waals surface area contributed by atoms with E-state index in [0.29, 0.717) is 5.92 Å². The maximum Gasteiger partial charge on any atom is 0.0714 e. The Bertz CT molecular complexity index is 3720. The first-order valence-electron chi connectivity index (χ1n) is 25.2. The van der Waals surface area contributed by atoms with Crippen molar-refractivity contribution in [2.45, 2.75) is 18.3 Å². The Balaban J connectivity index is 0.875. The molecule has 11 aromatic rings. The Hall–Kier alpha value is -8.98. The Morgan fingerprint density at radius 3 is 1.62 bits per heavy atom. The van der Waals surface area contributed by atoms with Crippen LogP contribution in [0.2, 0.25) is 0 Å². The van der Waals surface area contributed by atoms with Gasteiger partial charge in [-0.2, -0.15) is 0 Å². The third-order valence-electron chi connectivity index (χ3n) is 15.3. The van der Waals surface area contributed by atoms with Crippen molar-refractivity contribution in [3.8, 4) is 33.4 Å². The van der Waals surface area contributed by atoms with E-state index in [4.69, 9.17) is 0 Å². The molecule has 0 aromatic heterocycles. The molecule has 11 aromatic carbocycles. The van der Waals surface area contributed by atoms with Crippen molar-refractivity contribution in [1.29, 1.82) is 0 Å². The summed E-state index contributed by atoms with van der Waals surface area (Å²) < 4.78 is 0. The van der Waals surface area contributed by atoms with Gasteiger partial charge in [-0.3, -0.25) is 0 Å². The summed E-state index contributed by atoms with van der Waals surface area (Å²) in [4.78, 5) is 2.41. The molecule has 2 nitrogen and oxygen atoms in total. The first kappa shape index (κ1) is 43.1. The van der Waals surface area contributed by atoms with Crippen molar-refractivity contribution in [3.05, 3.63) is 312 Å². The van der Waals surface area contributed by atoms with Crippen molar-refractivity contribution in [3.63, 3.8) is 0 Å². The van der Waals surface area contributed by atoms with E-state index in [2.05, 4.69) is 296 Å². The number of rotatable bonds is 10. The molecule has 2 heteroatoms. The summed E-state index contributed by atoms with van der Waals surface area (Å²) in [6, 6.07) is 98.0. The van der Waals surface area contributed by atoms with Gasteiger partial charge < -0.3 is 10.2 Å². The van der Waals surface area contributed by atoms with Crippen LogP contribution >= 0.6 is 0 Å². The SMILES string of the molecule is CC1C=Cc2ccccc2C1c1c(Nc2ccc(-c3ccc(N(c4ccc(-c5ccccc5)cc4)c4ccc5c(c4)C(c4ccccc4)(c4ccccc4)c4ccccc4-5)cc3)cc2)ccc2ccccc12. The fourth-order valence-corrected chi connectivity index (χ4v) is 11.9. The van der Waals surface area contributed by atoms with Gasteiger partial charge in [-0.1, -0.05) is 231 Å². The highest BCUT2D eigenvalue weighted by Crippen LogP contribution is 2.57. The number of anilines is 5. The summed E-state index contributed by atoms with van der Waals surface area (Å²) in [5, 5.41) is 6.43. The maximum absolute atomic E-state index is 3.89. The lowest BCUT2D eigenvalue weighted by Crippen LogP contribution is -2.28. The van der Waals surface area contributed by atoms with Gasteiger partial charge in [0.25, 0.3) is 0 Å². The molecule has 0 amide bonds. The number of benzene rings is 11. The van der Waals surface area contributed by atoms with Crippen LogP contribution < -0.4 is 10.2 Å². The lowest BCUT2D eigenvalue weighted by molar-refractivity contribution is 0.623. The Morgan fingerprint density at radius 1 is 0.417 bits per heavy atom. The van der Waals surface area contributed by atoms with Gasteiger partial charge in [0.05, 0.1) is 5.41 Å². The number of allylic oxidation sites excluding steroid dienone is 1. The highest BCUT2D eigenvalue weighted by molar-refractivity contribution is 5.93. The monoisotopic (exact) mass is 920 g/mol. The molecule has 13 rings (SSSR count). The second kappa shape index (κ2) is 18.1. The van der Waals surface area contributed by atoms with Gasteiger partial charge in [0.15, 0.2) is 0 Å². The predicted octanol–water partition coefficient (Wildman–Crippen LogP) is 18.5. The summed E-state index contributed by atoms with van der Waals surface area (Å²) in [5.41, 5.74) is 21.3. The van der Waals surface area contributed by atoms with Crippen molar-refractivity contribution >= 4 is 45.3 Å². The molecule has 0 fully saturated rings. The van der Waals surface area contributed by atoms with Gasteiger partial charge in [-0.05, 0) is 144 Å². The zero-order valence-electron chi connectivity index (χ0n) is 40.2. The molecular weight excluding hydrogens is 869 g/mol. The molecule has 0 bridgehead atoms. The minimum Gasteiger partial charge on any atom is -0.355 e. The summed E-state index contributed by atoms with van der Waals surface area (Å²) in [6.45, 7) is 2.34. The van der Waals surface area contributed by atoms with Crippen molar-refractivity contribution < 1.29 is 0 Å². The molecule has 0 radical (unpaired) electrons. The lowest BCUT2D eigenvalue weighted by atomic mass is 9.67. The molecule has 2 aliphatic carbocycles. The lowest BCUT2D eigenvalue weighted by Gasteiger charge is -2.35. The zero-order chi connectivity index (χ0) is 48.0. The second-order valence-electron chi connectivity index (χ2n) is 19.3. The topological polar surface area (TPSA) is 15.3 Å². The van der Waals surface area contributed by atoms with Crippen molar-refractivity contribution in [1.82, 2.24) is 0 Å². The molecule has 2 unspecified atom stereocenters. The molecule has 2 atom stereocenters. The van der Waals surface area contributed by atoms with Crippen molar-refractivity contribution in [2.75, 3.05) is 10.2 Å². The third kappa shape index (κ3) is 7.34. The van der Waals surface area contributed by atoms with Gasteiger partial charge in [-0.15, -0.1) is 0 Å². The predicted molar refractivity (Wildman–Crippen MR) is 303 cm³/mol. The fraction of sp³-hybridized carbons (Fsp3) is 0.0571. The van der Waals surface area contributed by atoms with Gasteiger partial charge in [0.2, 0.25) is 0 Å². The van der Waals surface area contributed by atoms with E-state index in [1.54, 1.807) is 0 Å². The summed E-state index contributed by atoms with van der Waals surface area (Å²) in [6.07, 6.45) is 4.65. The summed E-state index contributed by atoms with van der Waals surface area (Å²) in [5.74, 6) is 0.570. The molecule has 0 heterocycles. The van der Waals surface area contributed by atoms with E-state index >= 15 is 0 Å². The molecule has 0 saturated carbocycles. The minimum atomic E-state index is -0.509. The molecule has 342 valence electrons. The minimum absolute atomic E-state index is 0.224. The van der Waals surface area contributed by atoms with Gasteiger partial charge in [0.1, 0.15) is 0 Å². The normalized spacial score (nSPS) is 15.1. The van der Waals surface area contributed by atoms with Gasteiger partial charge >= 0.3 is 0 Å². The van der Waals surface area contributed by atoms with Crippen LogP contribution in [0.5, 0.6) is 0 Å². The smallest absolute Gasteiger partial charge is 0.0714 e. The Kier molecular flexibility index (Phi) is 10.8. The molecule has 2 aliphatic rings. The molecule has 0 aliphatic heterocycles. The van der Waals surface area contributed by atoms with Gasteiger partial charge in [-0.25, -0.2) is 0 Å². The quantitative estimate of drug-likeness (QED) is 0.147. The van der Waals surface area contributed by atoms with E-state index < -0.39 is 5.41 Å². The first-order valence-corrected chi connectivity index (χ1v) is 25.2. The van der Waals surface area contributed by atoms with Crippen LogP contribution in [0.3, 0.4) is 0 Å². The van der Waals surface area contributed by atoms with Crippen LogP contribution in [0.15, 0.2) is 273 Å². The van der Waals surface area contributed by atoms with Crippen LogP contribution in [-0.4, -0.2) is 0 Å². The number of nitrogens with zero attached hydrogens (tertiary/aromatic N) is 1. The standard InChI is InChI=1S/C70H52N2/c1-48-29-30-53-19-11-13-25-61(53)68(48)69-62-26-14-12-20-54(62)37-46-67(69)71-57-38-31-50(32-39-57)52-35-42-59(43-36-52)72(58-40-33-51(34-41-58)49-17-5-2-6-18-49)60-44-45-64-63-27-15-16-28-65(63)70(66(64)47-60,55-21-7-3-8-22-55)56-23-9-4-10-24-56/h2-48,68,71H,1H3. The van der Waals surface area contributed by atoms with Crippen LogP contribution in [0.4, 0.5) is 28.4 Å². The molecule has 0 spiro atoms. The van der Waals surface area contributed by atoms with Crippen LogP contribution in [0.25, 0.3) is 50.2 Å². The second-order valence-corrected chi connectivity index (χ2v) is 19.3. The number of hydrogen-bond acceptors (Lipinski definition) is 2. The largest absolute Gasteiger partial charge is 0.355 e. The number of hydrogen-bond donors (Lipinski definition) is 1.